The van der Waals surface area contributed by atoms with E-state index in [1.165, 1.54) is 0 Å². The number of carbonyl (C=O) groups is 1. The SMILES string of the molecule is CC(C)[C@H](N)C(=O)Nc1ccncc1Br. The summed E-state index contributed by atoms with van der Waals surface area (Å²) >= 11 is 3.29. The molecule has 4 nitrogen and oxygen atoms in total. The molecule has 1 aromatic heterocycles. The summed E-state index contributed by atoms with van der Waals surface area (Å²) in [5.41, 5.74) is 6.40. The van der Waals surface area contributed by atoms with E-state index in [9.17, 15) is 4.79 Å². The lowest BCUT2D eigenvalue weighted by Crippen LogP contribution is -2.39. The van der Waals surface area contributed by atoms with Crippen molar-refractivity contribution in [2.45, 2.75) is 19.9 Å². The summed E-state index contributed by atoms with van der Waals surface area (Å²) in [6.07, 6.45) is 3.23. The summed E-state index contributed by atoms with van der Waals surface area (Å²) in [6.45, 7) is 3.82. The largest absolute Gasteiger partial charge is 0.324 e. The summed E-state index contributed by atoms with van der Waals surface area (Å²) < 4.78 is 0.745. The number of rotatable bonds is 3. The second-order valence-corrected chi connectivity index (χ2v) is 4.47. The van der Waals surface area contributed by atoms with Crippen LogP contribution in [0.25, 0.3) is 0 Å². The second-order valence-electron chi connectivity index (χ2n) is 3.61. The maximum absolute atomic E-state index is 11.6. The van der Waals surface area contributed by atoms with Gasteiger partial charge in [0.2, 0.25) is 5.91 Å². The van der Waals surface area contributed by atoms with Gasteiger partial charge in [0.1, 0.15) is 0 Å². The lowest BCUT2D eigenvalue weighted by molar-refractivity contribution is -0.118. The van der Waals surface area contributed by atoms with E-state index in [4.69, 9.17) is 5.73 Å². The number of hydrogen-bond donors (Lipinski definition) is 2. The number of nitrogens with two attached hydrogens (primary N) is 1. The molecule has 1 rings (SSSR count). The van der Waals surface area contributed by atoms with Crippen molar-refractivity contribution in [2.75, 3.05) is 5.32 Å². The molecule has 1 atom stereocenters. The van der Waals surface area contributed by atoms with Crippen LogP contribution in [-0.4, -0.2) is 16.9 Å². The average molecular weight is 272 g/mol. The van der Waals surface area contributed by atoms with Crippen molar-refractivity contribution in [3.63, 3.8) is 0 Å². The molecule has 0 aliphatic rings. The average Bonchev–Trinajstić information content (AvgIpc) is 2.20. The van der Waals surface area contributed by atoms with Crippen molar-refractivity contribution in [2.24, 2.45) is 11.7 Å². The molecule has 15 heavy (non-hydrogen) atoms. The topological polar surface area (TPSA) is 68.0 Å². The lowest BCUT2D eigenvalue weighted by atomic mass is 10.1. The van der Waals surface area contributed by atoms with Gasteiger partial charge in [0.05, 0.1) is 16.2 Å². The first-order chi connectivity index (χ1) is 7.02. The smallest absolute Gasteiger partial charge is 0.241 e. The van der Waals surface area contributed by atoms with Gasteiger partial charge in [-0.3, -0.25) is 9.78 Å². The molecule has 1 aromatic rings. The summed E-state index contributed by atoms with van der Waals surface area (Å²) in [4.78, 5) is 15.5. The number of halogens is 1. The summed E-state index contributed by atoms with van der Waals surface area (Å²) in [5.74, 6) is -0.0671. The summed E-state index contributed by atoms with van der Waals surface area (Å²) in [6, 6.07) is 1.22. The molecule has 0 fully saturated rings. The van der Waals surface area contributed by atoms with Crippen LogP contribution in [0.2, 0.25) is 0 Å². The van der Waals surface area contributed by atoms with Crippen molar-refractivity contribution in [3.05, 3.63) is 22.9 Å². The molecule has 0 spiro atoms. The Bertz CT molecular complexity index is 354. The van der Waals surface area contributed by atoms with Crippen LogP contribution in [0, 0.1) is 5.92 Å². The molecule has 0 aliphatic carbocycles. The number of anilines is 1. The van der Waals surface area contributed by atoms with Crippen LogP contribution in [0.15, 0.2) is 22.9 Å². The van der Waals surface area contributed by atoms with E-state index in [1.807, 2.05) is 13.8 Å². The molecule has 0 aliphatic heterocycles. The van der Waals surface area contributed by atoms with Crippen molar-refractivity contribution in [1.82, 2.24) is 4.98 Å². The number of hydrogen-bond acceptors (Lipinski definition) is 3. The van der Waals surface area contributed by atoms with Crippen LogP contribution in [-0.2, 0) is 4.79 Å². The number of pyridine rings is 1. The van der Waals surface area contributed by atoms with Gasteiger partial charge in [-0.25, -0.2) is 0 Å². The molecule has 0 unspecified atom stereocenters. The standard InChI is InChI=1S/C10H14BrN3O/c1-6(2)9(12)10(15)14-8-3-4-13-5-7(8)11/h3-6,9H,12H2,1-2H3,(H,13,14,15)/t9-/m0/s1. The zero-order valence-electron chi connectivity index (χ0n) is 8.70. The second kappa shape index (κ2) is 5.23. The minimum absolute atomic E-state index is 0.116. The molecule has 1 amide bonds. The normalized spacial score (nSPS) is 12.6. The van der Waals surface area contributed by atoms with Crippen LogP contribution in [0.5, 0.6) is 0 Å². The molecule has 1 heterocycles. The number of carbonyl (C=O) groups excluding carboxylic acids is 1. The molecule has 0 aromatic carbocycles. The van der Waals surface area contributed by atoms with Gasteiger partial charge in [0, 0.05) is 12.4 Å². The fourth-order valence-electron chi connectivity index (χ4n) is 0.995. The van der Waals surface area contributed by atoms with E-state index in [0.717, 1.165) is 4.47 Å². The Labute approximate surface area is 97.4 Å². The molecular formula is C10H14BrN3O. The minimum atomic E-state index is -0.495. The minimum Gasteiger partial charge on any atom is -0.324 e. The van der Waals surface area contributed by atoms with Gasteiger partial charge in [-0.2, -0.15) is 0 Å². The van der Waals surface area contributed by atoms with Crippen molar-refractivity contribution >= 4 is 27.5 Å². The first-order valence-electron chi connectivity index (χ1n) is 4.68. The molecule has 0 saturated heterocycles. The Morgan fingerprint density at radius 1 is 1.60 bits per heavy atom. The van der Waals surface area contributed by atoms with Gasteiger partial charge in [0.15, 0.2) is 0 Å². The van der Waals surface area contributed by atoms with Gasteiger partial charge in [-0.15, -0.1) is 0 Å². The maximum Gasteiger partial charge on any atom is 0.241 e. The quantitative estimate of drug-likeness (QED) is 0.881. The van der Waals surface area contributed by atoms with Crippen LogP contribution in [0.3, 0.4) is 0 Å². The molecule has 5 heteroatoms. The van der Waals surface area contributed by atoms with Gasteiger partial charge in [0.25, 0.3) is 0 Å². The molecule has 3 N–H and O–H groups in total. The lowest BCUT2D eigenvalue weighted by Gasteiger charge is -2.15. The van der Waals surface area contributed by atoms with Gasteiger partial charge >= 0.3 is 0 Å². The van der Waals surface area contributed by atoms with Crippen LogP contribution in [0.1, 0.15) is 13.8 Å². The van der Waals surface area contributed by atoms with E-state index in [2.05, 4.69) is 26.2 Å². The zero-order valence-corrected chi connectivity index (χ0v) is 10.3. The highest BCUT2D eigenvalue weighted by Crippen LogP contribution is 2.20. The molecule has 0 saturated carbocycles. The molecular weight excluding hydrogens is 258 g/mol. The summed E-state index contributed by atoms with van der Waals surface area (Å²) in [5, 5.41) is 2.74. The Morgan fingerprint density at radius 2 is 2.27 bits per heavy atom. The van der Waals surface area contributed by atoms with E-state index in [-0.39, 0.29) is 11.8 Å². The van der Waals surface area contributed by atoms with E-state index >= 15 is 0 Å². The monoisotopic (exact) mass is 271 g/mol. The fraction of sp³-hybridized carbons (Fsp3) is 0.400. The van der Waals surface area contributed by atoms with Crippen LogP contribution < -0.4 is 11.1 Å². The number of amides is 1. The van der Waals surface area contributed by atoms with E-state index in [0.29, 0.717) is 5.69 Å². The van der Waals surface area contributed by atoms with Crippen LogP contribution >= 0.6 is 15.9 Å². The first kappa shape index (κ1) is 12.1. The zero-order chi connectivity index (χ0) is 11.4. The number of nitrogens with one attached hydrogen (secondary N) is 1. The van der Waals surface area contributed by atoms with E-state index < -0.39 is 6.04 Å². The van der Waals surface area contributed by atoms with Crippen LogP contribution in [0.4, 0.5) is 5.69 Å². The highest BCUT2D eigenvalue weighted by molar-refractivity contribution is 9.10. The molecule has 82 valence electrons. The third kappa shape index (κ3) is 3.28. The summed E-state index contributed by atoms with van der Waals surface area (Å²) in [7, 11) is 0. The number of aromatic nitrogens is 1. The highest BCUT2D eigenvalue weighted by Gasteiger charge is 2.17. The Morgan fingerprint density at radius 3 is 2.80 bits per heavy atom. The Balaban J connectivity index is 2.71. The predicted molar refractivity (Wildman–Crippen MR) is 63.4 cm³/mol. The highest BCUT2D eigenvalue weighted by atomic mass is 79.9. The van der Waals surface area contributed by atoms with Gasteiger partial charge < -0.3 is 11.1 Å². The third-order valence-corrected chi connectivity index (χ3v) is 2.68. The van der Waals surface area contributed by atoms with Crippen molar-refractivity contribution in [1.29, 1.82) is 0 Å². The number of nitrogens with zero attached hydrogens (tertiary/aromatic N) is 1. The molecule has 0 bridgehead atoms. The Hall–Kier alpha value is -0.940. The maximum atomic E-state index is 11.6. The third-order valence-electron chi connectivity index (χ3n) is 2.05. The van der Waals surface area contributed by atoms with Crippen molar-refractivity contribution in [3.8, 4) is 0 Å². The van der Waals surface area contributed by atoms with Crippen molar-refractivity contribution < 1.29 is 4.79 Å². The molecule has 0 radical (unpaired) electrons. The Kier molecular flexibility index (Phi) is 4.23. The van der Waals surface area contributed by atoms with E-state index in [1.54, 1.807) is 18.5 Å². The fourth-order valence-corrected chi connectivity index (χ4v) is 1.34. The first-order valence-corrected chi connectivity index (χ1v) is 5.47. The van der Waals surface area contributed by atoms with Gasteiger partial charge in [-0.1, -0.05) is 13.8 Å². The van der Waals surface area contributed by atoms with Gasteiger partial charge in [-0.05, 0) is 27.9 Å². The predicted octanol–water partition coefficient (Wildman–Crippen LogP) is 1.77.